The molecule has 12 heavy (non-hydrogen) atoms. The van der Waals surface area contributed by atoms with Gasteiger partial charge in [-0.25, -0.2) is 0 Å². The van der Waals surface area contributed by atoms with Crippen LogP contribution >= 0.6 is 11.3 Å². The van der Waals surface area contributed by atoms with Gasteiger partial charge in [-0.05, 0) is 41.2 Å². The largest absolute Gasteiger partial charge is 0.148 e. The van der Waals surface area contributed by atoms with Crippen LogP contribution in [0, 0.1) is 0 Å². The first kappa shape index (κ1) is 8.31. The van der Waals surface area contributed by atoms with Crippen LogP contribution in [0.1, 0.15) is 50.0 Å². The average molecular weight is 180 g/mol. The molecule has 0 radical (unpaired) electrons. The Balaban J connectivity index is 2.23. The zero-order chi connectivity index (χ0) is 8.77. The summed E-state index contributed by atoms with van der Waals surface area (Å²) in [5.74, 6) is 0.922. The van der Waals surface area contributed by atoms with E-state index in [4.69, 9.17) is 0 Å². The molecule has 1 saturated carbocycles. The van der Waals surface area contributed by atoms with Crippen LogP contribution in [0.5, 0.6) is 0 Å². The third-order valence-electron chi connectivity index (χ3n) is 2.47. The van der Waals surface area contributed by atoms with Gasteiger partial charge in [-0.1, -0.05) is 20.8 Å². The molecule has 0 amide bonds. The van der Waals surface area contributed by atoms with Crippen molar-refractivity contribution in [2.75, 3.05) is 0 Å². The smallest absolute Gasteiger partial charge is 0.00792 e. The van der Waals surface area contributed by atoms with E-state index in [9.17, 15) is 0 Å². The Morgan fingerprint density at radius 1 is 1.33 bits per heavy atom. The average Bonchev–Trinajstić information content (AvgIpc) is 2.66. The molecule has 1 aromatic rings. The van der Waals surface area contributed by atoms with E-state index in [0.717, 1.165) is 5.92 Å². The highest BCUT2D eigenvalue weighted by Gasteiger charge is 2.26. The van der Waals surface area contributed by atoms with Gasteiger partial charge >= 0.3 is 0 Å². The molecule has 0 aliphatic heterocycles. The van der Waals surface area contributed by atoms with E-state index in [1.807, 2.05) is 11.3 Å². The maximum absolute atomic E-state index is 2.41. The lowest BCUT2D eigenvalue weighted by Gasteiger charge is -2.15. The quantitative estimate of drug-likeness (QED) is 0.614. The number of thiophene rings is 1. The van der Waals surface area contributed by atoms with E-state index in [2.05, 4.69) is 32.2 Å². The molecule has 1 aliphatic carbocycles. The lowest BCUT2D eigenvalue weighted by Crippen LogP contribution is -2.08. The summed E-state index contributed by atoms with van der Waals surface area (Å²) in [6.07, 6.45) is 2.84. The molecule has 66 valence electrons. The van der Waals surface area contributed by atoms with Crippen molar-refractivity contribution in [2.45, 2.75) is 44.9 Å². The normalized spacial score (nSPS) is 18.2. The van der Waals surface area contributed by atoms with Gasteiger partial charge in [-0.3, -0.25) is 0 Å². The van der Waals surface area contributed by atoms with Crippen molar-refractivity contribution < 1.29 is 0 Å². The molecule has 0 aromatic carbocycles. The number of rotatable bonds is 1. The van der Waals surface area contributed by atoms with Crippen LogP contribution in [0.4, 0.5) is 0 Å². The van der Waals surface area contributed by atoms with Crippen LogP contribution in [-0.2, 0) is 5.41 Å². The second kappa shape index (κ2) is 2.59. The Bertz CT molecular complexity index is 273. The third kappa shape index (κ3) is 1.56. The first-order chi connectivity index (χ1) is 5.57. The fourth-order valence-electron chi connectivity index (χ4n) is 1.33. The summed E-state index contributed by atoms with van der Waals surface area (Å²) >= 11 is 1.95. The van der Waals surface area contributed by atoms with E-state index < -0.39 is 0 Å². The second-order valence-electron chi connectivity index (χ2n) is 4.76. The van der Waals surface area contributed by atoms with Crippen LogP contribution < -0.4 is 0 Å². The Kier molecular flexibility index (Phi) is 1.80. The van der Waals surface area contributed by atoms with Crippen molar-refractivity contribution in [3.8, 4) is 0 Å². The van der Waals surface area contributed by atoms with Gasteiger partial charge < -0.3 is 0 Å². The highest BCUT2D eigenvalue weighted by molar-refractivity contribution is 7.10. The van der Waals surface area contributed by atoms with E-state index in [1.165, 1.54) is 18.4 Å². The molecule has 0 spiro atoms. The molecule has 1 aromatic heterocycles. The fraction of sp³-hybridized carbons (Fsp3) is 0.636. The monoisotopic (exact) mass is 180 g/mol. The van der Waals surface area contributed by atoms with Gasteiger partial charge in [0.15, 0.2) is 0 Å². The number of hydrogen-bond donors (Lipinski definition) is 0. The predicted octanol–water partition coefficient (Wildman–Crippen LogP) is 3.92. The minimum atomic E-state index is 0.337. The highest BCUT2D eigenvalue weighted by Crippen LogP contribution is 2.44. The topological polar surface area (TPSA) is 0 Å². The van der Waals surface area contributed by atoms with E-state index >= 15 is 0 Å². The van der Waals surface area contributed by atoms with E-state index in [0.29, 0.717) is 5.41 Å². The van der Waals surface area contributed by atoms with Crippen molar-refractivity contribution in [1.29, 1.82) is 0 Å². The van der Waals surface area contributed by atoms with Gasteiger partial charge in [0.05, 0.1) is 0 Å². The molecule has 1 fully saturated rings. The van der Waals surface area contributed by atoms with Crippen molar-refractivity contribution in [3.05, 3.63) is 21.9 Å². The zero-order valence-corrected chi connectivity index (χ0v) is 8.87. The molecule has 1 heterocycles. The summed E-state index contributed by atoms with van der Waals surface area (Å²) in [7, 11) is 0. The Hall–Kier alpha value is -0.300. The molecular weight excluding hydrogens is 164 g/mol. The Labute approximate surface area is 78.6 Å². The molecule has 0 atom stereocenters. The Morgan fingerprint density at radius 3 is 2.42 bits per heavy atom. The molecule has 2 rings (SSSR count). The fourth-order valence-corrected chi connectivity index (χ4v) is 2.64. The van der Waals surface area contributed by atoms with E-state index in [-0.39, 0.29) is 0 Å². The minimum Gasteiger partial charge on any atom is -0.148 e. The SMILES string of the molecule is CC(C)(C)c1csc(C2CC2)c1. The van der Waals surface area contributed by atoms with Gasteiger partial charge in [0.2, 0.25) is 0 Å². The van der Waals surface area contributed by atoms with Gasteiger partial charge in [0.25, 0.3) is 0 Å². The molecule has 1 heteroatoms. The molecule has 0 bridgehead atoms. The zero-order valence-electron chi connectivity index (χ0n) is 8.05. The summed E-state index contributed by atoms with van der Waals surface area (Å²) in [6.45, 7) is 6.85. The lowest BCUT2D eigenvalue weighted by molar-refractivity contribution is 0.592. The summed E-state index contributed by atoms with van der Waals surface area (Å²) in [4.78, 5) is 1.61. The predicted molar refractivity (Wildman–Crippen MR) is 55.0 cm³/mol. The van der Waals surface area contributed by atoms with Crippen LogP contribution in [0.25, 0.3) is 0 Å². The van der Waals surface area contributed by atoms with Gasteiger partial charge in [-0.15, -0.1) is 11.3 Å². The number of hydrogen-bond acceptors (Lipinski definition) is 1. The van der Waals surface area contributed by atoms with Crippen molar-refractivity contribution in [3.63, 3.8) is 0 Å². The molecule has 0 nitrogen and oxygen atoms in total. The summed E-state index contributed by atoms with van der Waals surface area (Å²) in [5, 5.41) is 2.33. The second-order valence-corrected chi connectivity index (χ2v) is 5.70. The van der Waals surface area contributed by atoms with Crippen molar-refractivity contribution in [1.82, 2.24) is 0 Å². The standard InChI is InChI=1S/C11H16S/c1-11(2,3)9-6-10(12-7-9)8-4-5-8/h6-8H,4-5H2,1-3H3. The molecule has 1 aliphatic rings. The van der Waals surface area contributed by atoms with Crippen LogP contribution in [0.2, 0.25) is 0 Å². The highest BCUT2D eigenvalue weighted by atomic mass is 32.1. The van der Waals surface area contributed by atoms with E-state index in [1.54, 1.807) is 4.88 Å². The first-order valence-corrected chi connectivity index (χ1v) is 5.54. The summed E-state index contributed by atoms with van der Waals surface area (Å²) in [6, 6.07) is 2.41. The molecular formula is C11H16S. The van der Waals surface area contributed by atoms with Crippen LogP contribution in [0.3, 0.4) is 0 Å². The maximum Gasteiger partial charge on any atom is 0.00792 e. The van der Waals surface area contributed by atoms with Crippen molar-refractivity contribution in [2.24, 2.45) is 0 Å². The Morgan fingerprint density at radius 2 is 2.00 bits per heavy atom. The summed E-state index contributed by atoms with van der Waals surface area (Å²) < 4.78 is 0. The molecule has 0 N–H and O–H groups in total. The minimum absolute atomic E-state index is 0.337. The first-order valence-electron chi connectivity index (χ1n) is 4.66. The van der Waals surface area contributed by atoms with Crippen molar-refractivity contribution >= 4 is 11.3 Å². The third-order valence-corrected chi connectivity index (χ3v) is 3.56. The van der Waals surface area contributed by atoms with Gasteiger partial charge in [0.1, 0.15) is 0 Å². The van der Waals surface area contributed by atoms with Crippen LogP contribution in [0.15, 0.2) is 11.4 Å². The van der Waals surface area contributed by atoms with Crippen LogP contribution in [-0.4, -0.2) is 0 Å². The molecule has 0 saturated heterocycles. The van der Waals surface area contributed by atoms with Gasteiger partial charge in [-0.2, -0.15) is 0 Å². The maximum atomic E-state index is 2.41. The summed E-state index contributed by atoms with van der Waals surface area (Å²) in [5.41, 5.74) is 1.85. The molecule has 0 unspecified atom stereocenters. The van der Waals surface area contributed by atoms with Gasteiger partial charge in [0, 0.05) is 4.88 Å². The lowest BCUT2D eigenvalue weighted by atomic mass is 9.89.